The zero-order valence-corrected chi connectivity index (χ0v) is 15.6. The second-order valence-corrected chi connectivity index (χ2v) is 5.64. The lowest BCUT2D eigenvalue weighted by atomic mass is 10.0. The highest BCUT2D eigenvalue weighted by molar-refractivity contribution is 7.80. The Bertz CT molecular complexity index is 724. The van der Waals surface area contributed by atoms with Gasteiger partial charge in [-0.1, -0.05) is 13.0 Å². The molecular formula is C18H23N3O3S. The first-order chi connectivity index (χ1) is 12.1. The molecule has 7 heteroatoms. The quantitative estimate of drug-likeness (QED) is 0.731. The lowest BCUT2D eigenvalue weighted by Crippen LogP contribution is -2.32. The molecule has 6 nitrogen and oxygen atoms in total. The average Bonchev–Trinajstić information content (AvgIpc) is 2.65. The van der Waals surface area contributed by atoms with Gasteiger partial charge in [0.05, 0.1) is 27.4 Å². The van der Waals surface area contributed by atoms with E-state index in [1.807, 2.05) is 24.3 Å². The highest BCUT2D eigenvalue weighted by Gasteiger charge is 2.15. The third-order valence-electron chi connectivity index (χ3n) is 3.75. The van der Waals surface area contributed by atoms with Crippen LogP contribution in [-0.4, -0.2) is 31.4 Å². The van der Waals surface area contributed by atoms with Gasteiger partial charge in [0, 0.05) is 6.20 Å². The first-order valence-electron chi connectivity index (χ1n) is 7.91. The van der Waals surface area contributed by atoms with Crippen molar-refractivity contribution in [2.45, 2.75) is 19.4 Å². The fraction of sp³-hybridized carbons (Fsp3) is 0.333. The van der Waals surface area contributed by atoms with E-state index in [1.165, 1.54) is 0 Å². The van der Waals surface area contributed by atoms with Crippen LogP contribution < -0.4 is 24.8 Å². The van der Waals surface area contributed by atoms with Crippen LogP contribution in [0.2, 0.25) is 0 Å². The molecule has 134 valence electrons. The fourth-order valence-corrected chi connectivity index (χ4v) is 2.68. The molecule has 0 aliphatic heterocycles. The molecule has 0 aliphatic rings. The van der Waals surface area contributed by atoms with E-state index in [0.29, 0.717) is 28.2 Å². The van der Waals surface area contributed by atoms with Gasteiger partial charge in [-0.25, -0.2) is 4.98 Å². The summed E-state index contributed by atoms with van der Waals surface area (Å²) >= 11 is 5.42. The maximum atomic E-state index is 5.42. The molecule has 0 saturated heterocycles. The van der Waals surface area contributed by atoms with Crippen molar-refractivity contribution in [1.29, 1.82) is 0 Å². The van der Waals surface area contributed by atoms with E-state index >= 15 is 0 Å². The van der Waals surface area contributed by atoms with Crippen LogP contribution in [0.4, 0.5) is 5.82 Å². The fourth-order valence-electron chi connectivity index (χ4n) is 2.44. The molecule has 1 heterocycles. The van der Waals surface area contributed by atoms with Crippen molar-refractivity contribution < 1.29 is 14.2 Å². The standard InChI is InChI=1S/C18H23N3O3S/c1-5-13(12-8-9-14(22-2)16(11-12)24-4)20-18(25)21-17-15(23-3)7-6-10-19-17/h6-11,13H,5H2,1-4H3,(H2,19,20,21,25)/t13-/m1/s1. The van der Waals surface area contributed by atoms with E-state index in [1.54, 1.807) is 33.6 Å². The van der Waals surface area contributed by atoms with Crippen LogP contribution in [0.1, 0.15) is 24.9 Å². The van der Waals surface area contributed by atoms with Crippen LogP contribution >= 0.6 is 12.2 Å². The number of hydrogen-bond donors (Lipinski definition) is 2. The van der Waals surface area contributed by atoms with Crippen molar-refractivity contribution in [1.82, 2.24) is 10.3 Å². The number of nitrogens with zero attached hydrogens (tertiary/aromatic N) is 1. The second kappa shape index (κ2) is 9.08. The Morgan fingerprint density at radius 1 is 1.08 bits per heavy atom. The van der Waals surface area contributed by atoms with Crippen LogP contribution in [0.5, 0.6) is 17.2 Å². The summed E-state index contributed by atoms with van der Waals surface area (Å²) in [6.07, 6.45) is 2.52. The summed E-state index contributed by atoms with van der Waals surface area (Å²) in [5.41, 5.74) is 1.05. The largest absolute Gasteiger partial charge is 0.493 e. The molecule has 0 spiro atoms. The molecule has 2 N–H and O–H groups in total. The minimum Gasteiger partial charge on any atom is -0.493 e. The summed E-state index contributed by atoms with van der Waals surface area (Å²) in [4.78, 5) is 4.25. The number of methoxy groups -OCH3 is 3. The van der Waals surface area contributed by atoms with E-state index in [0.717, 1.165) is 12.0 Å². The van der Waals surface area contributed by atoms with Crippen molar-refractivity contribution in [2.75, 3.05) is 26.6 Å². The third kappa shape index (κ3) is 4.73. The van der Waals surface area contributed by atoms with E-state index in [4.69, 9.17) is 26.4 Å². The van der Waals surface area contributed by atoms with Gasteiger partial charge in [0.15, 0.2) is 28.2 Å². The molecule has 1 aromatic heterocycles. The summed E-state index contributed by atoms with van der Waals surface area (Å²) in [5.74, 6) is 2.58. The van der Waals surface area contributed by atoms with E-state index in [-0.39, 0.29) is 6.04 Å². The van der Waals surface area contributed by atoms with Gasteiger partial charge in [-0.05, 0) is 48.5 Å². The maximum absolute atomic E-state index is 5.42. The number of ether oxygens (including phenoxy) is 3. The Hall–Kier alpha value is -2.54. The van der Waals surface area contributed by atoms with Gasteiger partial charge >= 0.3 is 0 Å². The van der Waals surface area contributed by atoms with Gasteiger partial charge in [0.25, 0.3) is 0 Å². The third-order valence-corrected chi connectivity index (χ3v) is 3.97. The number of anilines is 1. The number of thiocarbonyl (C=S) groups is 1. The number of nitrogens with one attached hydrogen (secondary N) is 2. The molecule has 2 rings (SSSR count). The number of pyridine rings is 1. The van der Waals surface area contributed by atoms with Crippen LogP contribution in [0.15, 0.2) is 36.5 Å². The second-order valence-electron chi connectivity index (χ2n) is 5.23. The molecule has 0 unspecified atom stereocenters. The van der Waals surface area contributed by atoms with Gasteiger partial charge in [-0.2, -0.15) is 0 Å². The Balaban J connectivity index is 2.12. The molecule has 25 heavy (non-hydrogen) atoms. The van der Waals surface area contributed by atoms with Crippen LogP contribution in [0.3, 0.4) is 0 Å². The lowest BCUT2D eigenvalue weighted by Gasteiger charge is -2.21. The van der Waals surface area contributed by atoms with Gasteiger partial charge in [-0.15, -0.1) is 0 Å². The molecule has 0 saturated carbocycles. The van der Waals surface area contributed by atoms with E-state index < -0.39 is 0 Å². The van der Waals surface area contributed by atoms with E-state index in [2.05, 4.69) is 22.5 Å². The van der Waals surface area contributed by atoms with Crippen molar-refractivity contribution in [3.05, 3.63) is 42.1 Å². The number of benzene rings is 1. The van der Waals surface area contributed by atoms with Crippen LogP contribution in [-0.2, 0) is 0 Å². The van der Waals surface area contributed by atoms with Crippen molar-refractivity contribution in [2.24, 2.45) is 0 Å². The zero-order valence-electron chi connectivity index (χ0n) is 14.8. The predicted molar refractivity (Wildman–Crippen MR) is 103 cm³/mol. The highest BCUT2D eigenvalue weighted by Crippen LogP contribution is 2.31. The van der Waals surface area contributed by atoms with Crippen LogP contribution in [0.25, 0.3) is 0 Å². The first-order valence-corrected chi connectivity index (χ1v) is 8.32. The van der Waals surface area contributed by atoms with Gasteiger partial charge in [-0.3, -0.25) is 0 Å². The summed E-state index contributed by atoms with van der Waals surface area (Å²) in [5, 5.41) is 6.85. The van der Waals surface area contributed by atoms with Gasteiger partial charge in [0.1, 0.15) is 0 Å². The molecule has 1 atom stereocenters. The minimum atomic E-state index is 0.0227. The maximum Gasteiger partial charge on any atom is 0.174 e. The van der Waals surface area contributed by atoms with Gasteiger partial charge < -0.3 is 24.8 Å². The van der Waals surface area contributed by atoms with Crippen molar-refractivity contribution in [3.8, 4) is 17.2 Å². The molecule has 0 bridgehead atoms. The topological polar surface area (TPSA) is 64.6 Å². The monoisotopic (exact) mass is 361 g/mol. The van der Waals surface area contributed by atoms with Crippen LogP contribution in [0, 0.1) is 0 Å². The molecular weight excluding hydrogens is 338 g/mol. The summed E-state index contributed by atoms with van der Waals surface area (Å²) in [6.45, 7) is 2.08. The SMILES string of the molecule is CC[C@@H](NC(=S)Nc1ncccc1OC)c1ccc(OC)c(OC)c1. The number of hydrogen-bond acceptors (Lipinski definition) is 5. The Labute approximate surface area is 153 Å². The molecule has 0 amide bonds. The molecule has 0 aliphatic carbocycles. The molecule has 0 radical (unpaired) electrons. The lowest BCUT2D eigenvalue weighted by molar-refractivity contribution is 0.354. The minimum absolute atomic E-state index is 0.0227. The summed E-state index contributed by atoms with van der Waals surface area (Å²) in [7, 11) is 4.83. The first kappa shape index (κ1) is 18.8. The normalized spacial score (nSPS) is 11.4. The Kier molecular flexibility index (Phi) is 6.82. The summed E-state index contributed by atoms with van der Waals surface area (Å²) in [6, 6.07) is 9.48. The number of aromatic nitrogens is 1. The van der Waals surface area contributed by atoms with Crippen molar-refractivity contribution in [3.63, 3.8) is 0 Å². The summed E-state index contributed by atoms with van der Waals surface area (Å²) < 4.78 is 15.9. The predicted octanol–water partition coefficient (Wildman–Crippen LogP) is 3.55. The molecule has 2 aromatic rings. The highest BCUT2D eigenvalue weighted by atomic mass is 32.1. The number of rotatable bonds is 7. The molecule has 1 aromatic carbocycles. The zero-order chi connectivity index (χ0) is 18.2. The van der Waals surface area contributed by atoms with Crippen molar-refractivity contribution >= 4 is 23.1 Å². The Morgan fingerprint density at radius 3 is 2.44 bits per heavy atom. The average molecular weight is 361 g/mol. The van der Waals surface area contributed by atoms with Gasteiger partial charge in [0.2, 0.25) is 0 Å². The smallest absolute Gasteiger partial charge is 0.174 e. The Morgan fingerprint density at radius 2 is 1.80 bits per heavy atom. The van der Waals surface area contributed by atoms with E-state index in [9.17, 15) is 0 Å². The molecule has 0 fully saturated rings.